The molecule has 2 aromatic rings. The second-order valence-electron chi connectivity index (χ2n) is 4.31. The minimum Gasteiger partial charge on any atom is -0.383 e. The maximum absolute atomic E-state index is 10.9. The van der Waals surface area contributed by atoms with Gasteiger partial charge in [-0.1, -0.05) is 0 Å². The number of rotatable bonds is 7. The molecule has 1 heterocycles. The van der Waals surface area contributed by atoms with Crippen molar-refractivity contribution in [1.82, 2.24) is 15.1 Å². The quantitative estimate of drug-likeness (QED) is 0.468. The molecule has 0 aliphatic rings. The van der Waals surface area contributed by atoms with Gasteiger partial charge in [0, 0.05) is 32.5 Å². The molecule has 0 fully saturated rings. The van der Waals surface area contributed by atoms with Crippen molar-refractivity contribution in [3.63, 3.8) is 0 Å². The van der Waals surface area contributed by atoms with Crippen LogP contribution < -0.4 is 5.32 Å². The fraction of sp³-hybridized carbons (Fsp3) is 0.308. The number of aromatic nitrogens is 2. The third-order valence-corrected chi connectivity index (χ3v) is 3.49. The molecule has 0 aliphatic carbocycles. The molecule has 0 spiro atoms. The molecule has 0 amide bonds. The second-order valence-corrected chi connectivity index (χ2v) is 5.17. The third-order valence-electron chi connectivity index (χ3n) is 2.82. The molecule has 0 radical (unpaired) electrons. The Morgan fingerprint density at radius 3 is 3.00 bits per heavy atom. The Morgan fingerprint density at radius 1 is 1.48 bits per heavy atom. The predicted octanol–water partition coefficient (Wildman–Crippen LogP) is 2.28. The normalized spacial score (nSPS) is 10.8. The first-order chi connectivity index (χ1) is 10.1. The Kier molecular flexibility index (Phi) is 5.43. The van der Waals surface area contributed by atoms with E-state index in [2.05, 4.69) is 26.3 Å². The van der Waals surface area contributed by atoms with Crippen LogP contribution in [0.15, 0.2) is 34.9 Å². The second kappa shape index (κ2) is 7.30. The van der Waals surface area contributed by atoms with Gasteiger partial charge >= 0.3 is 0 Å². The minimum absolute atomic E-state index is 0.0165. The fourth-order valence-electron chi connectivity index (χ4n) is 1.77. The molecule has 21 heavy (non-hydrogen) atoms. The first kappa shape index (κ1) is 15.6. The number of nitrogens with one attached hydrogen (secondary N) is 1. The number of nitrogens with zero attached hydrogens (tertiary/aromatic N) is 3. The van der Waals surface area contributed by atoms with Crippen molar-refractivity contribution in [3.8, 4) is 5.69 Å². The lowest BCUT2D eigenvalue weighted by Gasteiger charge is -2.03. The van der Waals surface area contributed by atoms with E-state index in [0.29, 0.717) is 23.3 Å². The van der Waals surface area contributed by atoms with Crippen molar-refractivity contribution in [1.29, 1.82) is 0 Å². The van der Waals surface area contributed by atoms with Crippen molar-refractivity contribution < 1.29 is 9.66 Å². The van der Waals surface area contributed by atoms with Crippen LogP contribution in [0.5, 0.6) is 0 Å². The first-order valence-electron chi connectivity index (χ1n) is 6.30. The summed E-state index contributed by atoms with van der Waals surface area (Å²) in [7, 11) is 1.65. The zero-order valence-electron chi connectivity index (χ0n) is 11.5. The summed E-state index contributed by atoms with van der Waals surface area (Å²) in [6, 6.07) is 6.77. The number of hydrogen-bond acceptors (Lipinski definition) is 5. The summed E-state index contributed by atoms with van der Waals surface area (Å²) in [4.78, 5) is 10.5. The smallest absolute Gasteiger partial charge is 0.285 e. The number of ether oxygens (including phenoxy) is 1. The Labute approximate surface area is 130 Å². The molecule has 0 bridgehead atoms. The van der Waals surface area contributed by atoms with Gasteiger partial charge in [0.05, 0.1) is 27.4 Å². The molecule has 0 atom stereocenters. The predicted molar refractivity (Wildman–Crippen MR) is 81.5 cm³/mol. The average molecular weight is 355 g/mol. The van der Waals surface area contributed by atoms with E-state index in [9.17, 15) is 10.1 Å². The molecule has 0 saturated heterocycles. The largest absolute Gasteiger partial charge is 0.383 e. The summed E-state index contributed by atoms with van der Waals surface area (Å²) in [6.45, 7) is 2.00. The molecule has 0 unspecified atom stereocenters. The monoisotopic (exact) mass is 354 g/mol. The Balaban J connectivity index is 2.10. The minimum atomic E-state index is -0.426. The summed E-state index contributed by atoms with van der Waals surface area (Å²) >= 11 is 3.16. The SMILES string of the molecule is COCCNCc1ccn(-c2ccc(Br)c([N+](=O)[O-])c2)n1. The van der Waals surface area contributed by atoms with E-state index in [4.69, 9.17) is 4.74 Å². The van der Waals surface area contributed by atoms with Crippen LogP contribution in [0.25, 0.3) is 5.69 Å². The van der Waals surface area contributed by atoms with E-state index in [1.165, 1.54) is 6.07 Å². The number of benzene rings is 1. The molecular weight excluding hydrogens is 340 g/mol. The van der Waals surface area contributed by atoms with E-state index in [1.807, 2.05) is 6.07 Å². The van der Waals surface area contributed by atoms with Crippen molar-refractivity contribution >= 4 is 21.6 Å². The van der Waals surface area contributed by atoms with Crippen LogP contribution in [0.1, 0.15) is 5.69 Å². The lowest BCUT2D eigenvalue weighted by molar-refractivity contribution is -0.385. The number of hydrogen-bond donors (Lipinski definition) is 1. The van der Waals surface area contributed by atoms with Gasteiger partial charge in [-0.2, -0.15) is 5.10 Å². The van der Waals surface area contributed by atoms with Gasteiger partial charge in [-0.25, -0.2) is 4.68 Å². The number of nitro groups is 1. The van der Waals surface area contributed by atoms with Crippen LogP contribution in [0, 0.1) is 10.1 Å². The van der Waals surface area contributed by atoms with Crippen molar-refractivity contribution in [2.24, 2.45) is 0 Å². The lowest BCUT2D eigenvalue weighted by atomic mass is 10.3. The molecule has 1 N–H and O–H groups in total. The maximum Gasteiger partial charge on any atom is 0.285 e. The highest BCUT2D eigenvalue weighted by Crippen LogP contribution is 2.26. The highest BCUT2D eigenvalue weighted by molar-refractivity contribution is 9.10. The standard InChI is InChI=1S/C13H15BrN4O3/c1-21-7-5-15-9-10-4-6-17(16-10)11-2-3-12(14)13(8-11)18(19)20/h2-4,6,8,15H,5,7,9H2,1H3. The van der Waals surface area contributed by atoms with Gasteiger partial charge in [0.2, 0.25) is 0 Å². The van der Waals surface area contributed by atoms with Crippen molar-refractivity contribution in [3.05, 3.63) is 50.7 Å². The van der Waals surface area contributed by atoms with E-state index in [1.54, 1.807) is 30.1 Å². The van der Waals surface area contributed by atoms with Crippen LogP contribution in [-0.4, -0.2) is 35.0 Å². The number of nitro benzene ring substituents is 1. The molecule has 7 nitrogen and oxygen atoms in total. The molecule has 0 aliphatic heterocycles. The molecule has 0 saturated carbocycles. The molecular formula is C13H15BrN4O3. The van der Waals surface area contributed by atoms with Crippen molar-refractivity contribution in [2.75, 3.05) is 20.3 Å². The van der Waals surface area contributed by atoms with E-state index in [-0.39, 0.29) is 5.69 Å². The number of halogens is 1. The van der Waals surface area contributed by atoms with Crippen LogP contribution >= 0.6 is 15.9 Å². The van der Waals surface area contributed by atoms with E-state index >= 15 is 0 Å². The Morgan fingerprint density at radius 2 is 2.29 bits per heavy atom. The van der Waals surface area contributed by atoms with Gasteiger partial charge in [-0.15, -0.1) is 0 Å². The van der Waals surface area contributed by atoms with Crippen LogP contribution in [0.2, 0.25) is 0 Å². The van der Waals surface area contributed by atoms with E-state index < -0.39 is 4.92 Å². The zero-order valence-corrected chi connectivity index (χ0v) is 13.0. The topological polar surface area (TPSA) is 82.2 Å². The van der Waals surface area contributed by atoms with Gasteiger partial charge < -0.3 is 10.1 Å². The van der Waals surface area contributed by atoms with Gasteiger partial charge in [0.15, 0.2) is 0 Å². The molecule has 112 valence electrons. The van der Waals surface area contributed by atoms with E-state index in [0.717, 1.165) is 12.2 Å². The van der Waals surface area contributed by atoms with Gasteiger partial charge in [-0.3, -0.25) is 10.1 Å². The first-order valence-corrected chi connectivity index (χ1v) is 7.09. The summed E-state index contributed by atoms with van der Waals surface area (Å²) < 4.78 is 7.01. The van der Waals surface area contributed by atoms with Gasteiger partial charge in [0.25, 0.3) is 5.69 Å². The zero-order chi connectivity index (χ0) is 15.2. The van der Waals surface area contributed by atoms with Gasteiger partial charge in [-0.05, 0) is 34.1 Å². The van der Waals surface area contributed by atoms with Crippen LogP contribution in [0.4, 0.5) is 5.69 Å². The molecule has 1 aromatic carbocycles. The highest BCUT2D eigenvalue weighted by Gasteiger charge is 2.13. The third kappa shape index (κ3) is 4.10. The lowest BCUT2D eigenvalue weighted by Crippen LogP contribution is -2.18. The fourth-order valence-corrected chi connectivity index (χ4v) is 2.17. The summed E-state index contributed by atoms with van der Waals surface area (Å²) in [5, 5.41) is 18.5. The highest BCUT2D eigenvalue weighted by atomic mass is 79.9. The molecule has 1 aromatic heterocycles. The summed E-state index contributed by atoms with van der Waals surface area (Å²) in [5.41, 5.74) is 1.52. The molecule has 8 heteroatoms. The average Bonchev–Trinajstić information content (AvgIpc) is 2.92. The summed E-state index contributed by atoms with van der Waals surface area (Å²) in [6.07, 6.45) is 1.78. The summed E-state index contributed by atoms with van der Waals surface area (Å²) in [5.74, 6) is 0. The Hall–Kier alpha value is -1.77. The van der Waals surface area contributed by atoms with Crippen molar-refractivity contribution in [2.45, 2.75) is 6.54 Å². The van der Waals surface area contributed by atoms with Crippen LogP contribution in [0.3, 0.4) is 0 Å². The van der Waals surface area contributed by atoms with Crippen LogP contribution in [-0.2, 0) is 11.3 Å². The Bertz CT molecular complexity index is 630. The number of methoxy groups -OCH3 is 1. The molecule has 2 rings (SSSR count). The van der Waals surface area contributed by atoms with Gasteiger partial charge in [0.1, 0.15) is 0 Å². The maximum atomic E-state index is 10.9.